The van der Waals surface area contributed by atoms with Crippen molar-refractivity contribution >= 4 is 54.1 Å². The Hall–Kier alpha value is -1.99. The number of carboxylic acid groups (broad SMARTS) is 2. The zero-order valence-electron chi connectivity index (χ0n) is 15.5. The fourth-order valence-electron chi connectivity index (χ4n) is 1.90. The van der Waals surface area contributed by atoms with Crippen molar-refractivity contribution in [3.8, 4) is 0 Å². The van der Waals surface area contributed by atoms with Crippen LogP contribution in [0.1, 0.15) is 19.8 Å². The minimum atomic E-state index is -1.44. The Morgan fingerprint density at radius 1 is 1.00 bits per heavy atom. The molecule has 160 valence electrons. The highest BCUT2D eigenvalue weighted by Gasteiger charge is 2.29. The number of carboxylic acids is 2. The molecule has 0 radical (unpaired) electrons. The highest BCUT2D eigenvalue weighted by molar-refractivity contribution is 7.98. The molecule has 0 rings (SSSR count). The number of carbonyl (C=O) groups is 5. The van der Waals surface area contributed by atoms with E-state index in [0.717, 1.165) is 0 Å². The summed E-state index contributed by atoms with van der Waals surface area (Å²) in [5, 5.41) is 24.6. The number of thiol groups is 1. The molecule has 28 heavy (non-hydrogen) atoms. The summed E-state index contributed by atoms with van der Waals surface area (Å²) in [5.74, 6) is -4.58. The van der Waals surface area contributed by atoms with Gasteiger partial charge in [-0.25, -0.2) is 4.79 Å². The van der Waals surface area contributed by atoms with Gasteiger partial charge >= 0.3 is 11.9 Å². The molecule has 0 fully saturated rings. The van der Waals surface area contributed by atoms with Crippen LogP contribution in [0.4, 0.5) is 0 Å². The first kappa shape index (κ1) is 26.0. The SMILES string of the molecule is CSCCC(N)C(=O)NC(CC(=O)O)C(=O)NC(C)C(=O)NC(CS)C(=O)O. The predicted octanol–water partition coefficient (Wildman–Crippen LogP) is -1.97. The maximum absolute atomic E-state index is 12.3. The third kappa shape index (κ3) is 9.80. The molecule has 0 aliphatic heterocycles. The maximum Gasteiger partial charge on any atom is 0.327 e. The van der Waals surface area contributed by atoms with Crippen LogP contribution in [0.25, 0.3) is 0 Å². The zero-order chi connectivity index (χ0) is 21.9. The van der Waals surface area contributed by atoms with Crippen LogP contribution < -0.4 is 21.7 Å². The molecule has 3 amide bonds. The molecule has 4 unspecified atom stereocenters. The highest BCUT2D eigenvalue weighted by Crippen LogP contribution is 2.01. The van der Waals surface area contributed by atoms with Crippen LogP contribution in [0, 0.1) is 0 Å². The summed E-state index contributed by atoms with van der Waals surface area (Å²) in [4.78, 5) is 58.3. The number of hydrogen-bond donors (Lipinski definition) is 7. The summed E-state index contributed by atoms with van der Waals surface area (Å²) in [5.41, 5.74) is 5.70. The molecule has 0 aromatic heterocycles. The van der Waals surface area contributed by atoms with E-state index in [1.807, 2.05) is 6.26 Å². The van der Waals surface area contributed by atoms with E-state index in [1.54, 1.807) is 0 Å². The van der Waals surface area contributed by atoms with Gasteiger partial charge in [-0.2, -0.15) is 24.4 Å². The van der Waals surface area contributed by atoms with Crippen molar-refractivity contribution in [3.05, 3.63) is 0 Å². The van der Waals surface area contributed by atoms with E-state index >= 15 is 0 Å². The van der Waals surface area contributed by atoms with Gasteiger partial charge < -0.3 is 31.9 Å². The van der Waals surface area contributed by atoms with E-state index < -0.39 is 60.2 Å². The van der Waals surface area contributed by atoms with Gasteiger partial charge in [0.25, 0.3) is 0 Å². The number of amides is 3. The summed E-state index contributed by atoms with van der Waals surface area (Å²) in [6.45, 7) is 1.29. The summed E-state index contributed by atoms with van der Waals surface area (Å²) in [7, 11) is 0. The normalized spacial score (nSPS) is 14.9. The van der Waals surface area contributed by atoms with Crippen molar-refractivity contribution in [2.45, 2.75) is 43.9 Å². The van der Waals surface area contributed by atoms with Crippen molar-refractivity contribution in [2.24, 2.45) is 5.73 Å². The standard InChI is InChI=1S/C15H26N4O7S2/c1-7(12(22)19-10(6-27)15(25)26)17-14(24)9(5-11(20)21)18-13(23)8(16)3-4-28-2/h7-10,27H,3-6,16H2,1-2H3,(H,17,24)(H,18,23)(H,19,22)(H,20,21)(H,25,26). The van der Waals surface area contributed by atoms with Crippen LogP contribution in [0.15, 0.2) is 0 Å². The van der Waals surface area contributed by atoms with Crippen LogP contribution in [-0.4, -0.2) is 81.8 Å². The fourth-order valence-corrected chi connectivity index (χ4v) is 2.64. The number of rotatable bonds is 13. The summed E-state index contributed by atoms with van der Waals surface area (Å²) < 4.78 is 0. The number of nitrogens with two attached hydrogens (primary N) is 1. The molecule has 11 nitrogen and oxygen atoms in total. The number of hydrogen-bond acceptors (Lipinski definition) is 8. The lowest BCUT2D eigenvalue weighted by Gasteiger charge is -2.22. The molecule has 13 heteroatoms. The molecule has 0 aromatic rings. The Morgan fingerprint density at radius 2 is 1.57 bits per heavy atom. The molecule has 0 bridgehead atoms. The minimum Gasteiger partial charge on any atom is -0.481 e. The second kappa shape index (κ2) is 13.2. The van der Waals surface area contributed by atoms with E-state index in [2.05, 4.69) is 28.6 Å². The first-order valence-corrected chi connectivity index (χ1v) is 10.3. The molecule has 7 N–H and O–H groups in total. The van der Waals surface area contributed by atoms with E-state index in [4.69, 9.17) is 15.9 Å². The zero-order valence-corrected chi connectivity index (χ0v) is 17.2. The molecule has 0 heterocycles. The van der Waals surface area contributed by atoms with Crippen LogP contribution in [0.5, 0.6) is 0 Å². The van der Waals surface area contributed by atoms with E-state index in [-0.39, 0.29) is 5.75 Å². The minimum absolute atomic E-state index is 0.159. The van der Waals surface area contributed by atoms with Gasteiger partial charge in [0.2, 0.25) is 17.7 Å². The topological polar surface area (TPSA) is 188 Å². The van der Waals surface area contributed by atoms with Gasteiger partial charge in [-0.15, -0.1) is 0 Å². The molecule has 0 saturated heterocycles. The van der Waals surface area contributed by atoms with Crippen molar-refractivity contribution in [2.75, 3.05) is 17.8 Å². The lowest BCUT2D eigenvalue weighted by Crippen LogP contribution is -2.57. The summed E-state index contributed by atoms with van der Waals surface area (Å²) >= 11 is 5.29. The van der Waals surface area contributed by atoms with Crippen molar-refractivity contribution in [3.63, 3.8) is 0 Å². The number of nitrogens with one attached hydrogen (secondary N) is 3. The van der Waals surface area contributed by atoms with Crippen molar-refractivity contribution < 1.29 is 34.2 Å². The summed E-state index contributed by atoms with van der Waals surface area (Å²) in [6, 6.07) is -4.78. The highest BCUT2D eigenvalue weighted by atomic mass is 32.2. The van der Waals surface area contributed by atoms with Gasteiger partial charge in [-0.05, 0) is 25.4 Å². The third-order valence-electron chi connectivity index (χ3n) is 3.53. The van der Waals surface area contributed by atoms with E-state index in [0.29, 0.717) is 12.2 Å². The van der Waals surface area contributed by atoms with Crippen LogP contribution in [-0.2, 0) is 24.0 Å². The molecular weight excluding hydrogens is 412 g/mol. The molecule has 0 spiro atoms. The third-order valence-corrected chi connectivity index (χ3v) is 4.54. The van der Waals surface area contributed by atoms with Gasteiger partial charge in [-0.1, -0.05) is 0 Å². The average molecular weight is 439 g/mol. The molecule has 0 aliphatic carbocycles. The first-order valence-electron chi connectivity index (χ1n) is 8.24. The van der Waals surface area contributed by atoms with Crippen molar-refractivity contribution in [1.82, 2.24) is 16.0 Å². The van der Waals surface area contributed by atoms with Gasteiger partial charge in [0.1, 0.15) is 18.1 Å². The number of carbonyl (C=O) groups excluding carboxylic acids is 3. The number of thioether (sulfide) groups is 1. The Morgan fingerprint density at radius 3 is 2.04 bits per heavy atom. The van der Waals surface area contributed by atoms with E-state index in [9.17, 15) is 24.0 Å². The lowest BCUT2D eigenvalue weighted by molar-refractivity contribution is -0.142. The van der Waals surface area contributed by atoms with Gasteiger partial charge in [-0.3, -0.25) is 19.2 Å². The molecule has 0 saturated carbocycles. The largest absolute Gasteiger partial charge is 0.481 e. The first-order chi connectivity index (χ1) is 13.0. The smallest absolute Gasteiger partial charge is 0.327 e. The summed E-state index contributed by atoms with van der Waals surface area (Å²) in [6.07, 6.45) is 1.46. The van der Waals surface area contributed by atoms with Crippen LogP contribution in [0.2, 0.25) is 0 Å². The van der Waals surface area contributed by atoms with Crippen LogP contribution in [0.3, 0.4) is 0 Å². The predicted molar refractivity (Wildman–Crippen MR) is 106 cm³/mol. The average Bonchev–Trinajstić information content (AvgIpc) is 2.62. The Bertz CT molecular complexity index is 591. The van der Waals surface area contributed by atoms with E-state index in [1.165, 1.54) is 18.7 Å². The molecule has 4 atom stereocenters. The quantitative estimate of drug-likeness (QED) is 0.160. The molecule has 0 aliphatic rings. The Kier molecular flexibility index (Phi) is 12.3. The molecular formula is C15H26N4O7S2. The lowest BCUT2D eigenvalue weighted by atomic mass is 10.1. The Labute approximate surface area is 172 Å². The van der Waals surface area contributed by atoms with Crippen LogP contribution >= 0.6 is 24.4 Å². The van der Waals surface area contributed by atoms with Gasteiger partial charge in [0.05, 0.1) is 12.5 Å². The van der Waals surface area contributed by atoms with Gasteiger partial charge in [0.15, 0.2) is 0 Å². The Balaban J connectivity index is 4.96. The molecule has 0 aromatic carbocycles. The number of aliphatic carboxylic acids is 2. The second-order valence-electron chi connectivity index (χ2n) is 5.86. The second-order valence-corrected chi connectivity index (χ2v) is 7.21. The fraction of sp³-hybridized carbons (Fsp3) is 0.667. The van der Waals surface area contributed by atoms with Crippen molar-refractivity contribution in [1.29, 1.82) is 0 Å². The monoisotopic (exact) mass is 438 g/mol. The maximum atomic E-state index is 12.3. The van der Waals surface area contributed by atoms with Gasteiger partial charge in [0, 0.05) is 5.75 Å².